The molecule has 1 aromatic heterocycles. The molecule has 0 atom stereocenters. The Bertz CT molecular complexity index is 4160. The van der Waals surface area contributed by atoms with Crippen LogP contribution in [0.2, 0.25) is 0 Å². The minimum absolute atomic E-state index is 0.0391. The summed E-state index contributed by atoms with van der Waals surface area (Å²) >= 11 is 0. The maximum atomic E-state index is 6.65. The van der Waals surface area contributed by atoms with Gasteiger partial charge in [0, 0.05) is 33.1 Å². The molecule has 2 aliphatic rings. The summed E-state index contributed by atoms with van der Waals surface area (Å²) in [5.41, 5.74) is 22.4. The second kappa shape index (κ2) is 15.8. The van der Waals surface area contributed by atoms with E-state index in [2.05, 4.69) is 271 Å². The summed E-state index contributed by atoms with van der Waals surface area (Å²) < 4.78 is 6.65. The van der Waals surface area contributed by atoms with Crippen molar-refractivity contribution >= 4 is 60.5 Å². The Morgan fingerprint density at radius 2 is 0.877 bits per heavy atom. The fourth-order valence-corrected chi connectivity index (χ4v) is 12.5. The monoisotopic (exact) mass is 937 g/mol. The van der Waals surface area contributed by atoms with Crippen molar-refractivity contribution in [1.82, 2.24) is 0 Å². The van der Waals surface area contributed by atoms with E-state index in [1.54, 1.807) is 0 Å². The third-order valence-corrected chi connectivity index (χ3v) is 16.2. The van der Waals surface area contributed by atoms with Gasteiger partial charge in [0.05, 0.1) is 11.1 Å². The zero-order valence-corrected chi connectivity index (χ0v) is 42.2. The van der Waals surface area contributed by atoms with E-state index >= 15 is 0 Å². The van der Waals surface area contributed by atoms with Gasteiger partial charge in [-0.1, -0.05) is 217 Å². The molecule has 0 radical (unpaired) electrons. The molecule has 2 heteroatoms. The van der Waals surface area contributed by atoms with Gasteiger partial charge in [0.2, 0.25) is 0 Å². The Balaban J connectivity index is 1.02. The van der Waals surface area contributed by atoms with Crippen LogP contribution in [0, 0.1) is 0 Å². The van der Waals surface area contributed by atoms with Crippen molar-refractivity contribution in [3.05, 3.63) is 258 Å². The lowest BCUT2D eigenvalue weighted by molar-refractivity contribution is 0.586. The summed E-state index contributed by atoms with van der Waals surface area (Å²) in [6.45, 7) is 14.0. The molecule has 11 aromatic carbocycles. The molecule has 0 saturated heterocycles. The fourth-order valence-electron chi connectivity index (χ4n) is 12.5. The number of fused-ring (bicyclic) bond motifs is 16. The molecule has 0 aliphatic heterocycles. The van der Waals surface area contributed by atoms with Crippen molar-refractivity contribution in [2.24, 2.45) is 0 Å². The number of hydrogen-bond acceptors (Lipinski definition) is 2. The quantitative estimate of drug-likeness (QED) is 0.171. The smallest absolute Gasteiger partial charge is 0.143 e. The zero-order chi connectivity index (χ0) is 49.4. The molecule has 0 amide bonds. The Morgan fingerprint density at radius 3 is 1.59 bits per heavy atom. The molecule has 1 heterocycles. The summed E-state index contributed by atoms with van der Waals surface area (Å²) in [7, 11) is 0. The molecule has 12 aromatic rings. The highest BCUT2D eigenvalue weighted by molar-refractivity contribution is 6.16. The van der Waals surface area contributed by atoms with Gasteiger partial charge in [0.25, 0.3) is 0 Å². The van der Waals surface area contributed by atoms with Crippen molar-refractivity contribution in [2.75, 3.05) is 4.90 Å². The highest BCUT2D eigenvalue weighted by atomic mass is 16.3. The van der Waals surface area contributed by atoms with Crippen molar-refractivity contribution in [2.45, 2.75) is 57.8 Å². The van der Waals surface area contributed by atoms with Crippen LogP contribution in [0.15, 0.2) is 229 Å². The van der Waals surface area contributed by atoms with Crippen molar-refractivity contribution in [3.63, 3.8) is 0 Å². The topological polar surface area (TPSA) is 16.4 Å². The lowest BCUT2D eigenvalue weighted by Gasteiger charge is -2.34. The molecular weight excluding hydrogens is 883 g/mol. The van der Waals surface area contributed by atoms with E-state index < -0.39 is 5.41 Å². The molecule has 0 bridgehead atoms. The average Bonchev–Trinajstić information content (AvgIpc) is 4.06. The van der Waals surface area contributed by atoms with Crippen LogP contribution in [0.4, 0.5) is 17.1 Å². The largest absolute Gasteiger partial charge is 0.455 e. The summed E-state index contributed by atoms with van der Waals surface area (Å²) in [6, 6.07) is 84.3. The van der Waals surface area contributed by atoms with Crippen LogP contribution in [0.5, 0.6) is 0 Å². The van der Waals surface area contributed by atoms with Crippen molar-refractivity contribution < 1.29 is 4.42 Å². The molecule has 0 saturated carbocycles. The predicted octanol–water partition coefficient (Wildman–Crippen LogP) is 19.6. The van der Waals surface area contributed by atoms with E-state index in [0.29, 0.717) is 0 Å². The van der Waals surface area contributed by atoms with E-state index in [4.69, 9.17) is 4.42 Å². The van der Waals surface area contributed by atoms with Crippen LogP contribution in [-0.2, 0) is 16.2 Å². The lowest BCUT2D eigenvalue weighted by atomic mass is 9.68. The highest BCUT2D eigenvalue weighted by Crippen LogP contribution is 2.64. The fraction of sp³-hybridized carbons (Fsp3) is 0.127. The standard InChI is InChI=1S/C71H55NO/c1-69(2,3)48-30-36-57-58-37-31-49(70(4,5)6)42-64(58)71(63(57)41-48)62-24-13-11-22-56(62)59-38-34-51(43-65(59)71)72(50-32-26-46(27-33-50)53-23-15-18-44-16-7-9-19-52(44)53)66-25-14-12-20-54(66)47-29-39-67-61(40-47)60-35-28-45-17-8-10-21-55(45)68(60)73-67/h7-43H,1-6H3. The first-order valence-electron chi connectivity index (χ1n) is 25.8. The minimum atomic E-state index is -0.546. The van der Waals surface area contributed by atoms with Crippen LogP contribution >= 0.6 is 0 Å². The van der Waals surface area contributed by atoms with Gasteiger partial charge >= 0.3 is 0 Å². The van der Waals surface area contributed by atoms with Gasteiger partial charge in [-0.25, -0.2) is 0 Å². The first-order chi connectivity index (χ1) is 35.4. The normalized spacial score (nSPS) is 13.5. The second-order valence-corrected chi connectivity index (χ2v) is 22.4. The molecule has 14 rings (SSSR count). The van der Waals surface area contributed by atoms with Gasteiger partial charge in [-0.05, 0) is 148 Å². The van der Waals surface area contributed by atoms with Gasteiger partial charge < -0.3 is 9.32 Å². The van der Waals surface area contributed by atoms with Crippen LogP contribution in [0.25, 0.3) is 88.0 Å². The molecule has 2 nitrogen and oxygen atoms in total. The van der Waals surface area contributed by atoms with Gasteiger partial charge in [-0.15, -0.1) is 0 Å². The summed E-state index contributed by atoms with van der Waals surface area (Å²) in [5.74, 6) is 0. The maximum Gasteiger partial charge on any atom is 0.143 e. The average molecular weight is 938 g/mol. The lowest BCUT2D eigenvalue weighted by Crippen LogP contribution is -2.27. The molecule has 0 N–H and O–H groups in total. The molecular formula is C71H55NO. The third kappa shape index (κ3) is 6.49. The number of hydrogen-bond donors (Lipinski definition) is 0. The van der Waals surface area contributed by atoms with E-state index in [1.807, 2.05) is 0 Å². The number of para-hydroxylation sites is 1. The number of furan rings is 1. The van der Waals surface area contributed by atoms with E-state index in [9.17, 15) is 0 Å². The first-order valence-corrected chi connectivity index (χ1v) is 25.8. The van der Waals surface area contributed by atoms with Gasteiger partial charge in [0.15, 0.2) is 0 Å². The number of rotatable bonds is 5. The molecule has 0 fully saturated rings. The highest BCUT2D eigenvalue weighted by Gasteiger charge is 2.52. The number of nitrogens with zero attached hydrogens (tertiary/aromatic N) is 1. The van der Waals surface area contributed by atoms with E-state index in [0.717, 1.165) is 55.5 Å². The molecule has 1 spiro atoms. The summed E-state index contributed by atoms with van der Waals surface area (Å²) in [5, 5.41) is 7.03. The first kappa shape index (κ1) is 43.3. The Hall–Kier alpha value is -8.46. The Labute approximate surface area is 427 Å². The van der Waals surface area contributed by atoms with Crippen LogP contribution < -0.4 is 4.90 Å². The van der Waals surface area contributed by atoms with Crippen molar-refractivity contribution in [3.8, 4) is 44.5 Å². The Morgan fingerprint density at radius 1 is 0.342 bits per heavy atom. The zero-order valence-electron chi connectivity index (χ0n) is 42.2. The third-order valence-electron chi connectivity index (χ3n) is 16.2. The molecule has 73 heavy (non-hydrogen) atoms. The van der Waals surface area contributed by atoms with Gasteiger partial charge in [-0.2, -0.15) is 0 Å². The molecule has 0 unspecified atom stereocenters. The van der Waals surface area contributed by atoms with Crippen LogP contribution in [0.1, 0.15) is 74.9 Å². The maximum absolute atomic E-state index is 6.65. The molecule has 2 aliphatic carbocycles. The van der Waals surface area contributed by atoms with E-state index in [1.165, 1.54) is 82.9 Å². The summed E-state index contributed by atoms with van der Waals surface area (Å²) in [4.78, 5) is 2.50. The number of benzene rings is 11. The molecule has 350 valence electrons. The van der Waals surface area contributed by atoms with Gasteiger partial charge in [-0.3, -0.25) is 0 Å². The second-order valence-electron chi connectivity index (χ2n) is 22.4. The minimum Gasteiger partial charge on any atom is -0.455 e. The van der Waals surface area contributed by atoms with Crippen LogP contribution in [-0.4, -0.2) is 0 Å². The number of anilines is 3. The van der Waals surface area contributed by atoms with E-state index in [-0.39, 0.29) is 10.8 Å². The van der Waals surface area contributed by atoms with Gasteiger partial charge in [0.1, 0.15) is 11.2 Å². The Kier molecular flexibility index (Phi) is 9.36. The van der Waals surface area contributed by atoms with Crippen LogP contribution in [0.3, 0.4) is 0 Å². The summed E-state index contributed by atoms with van der Waals surface area (Å²) in [6.07, 6.45) is 0. The predicted molar refractivity (Wildman–Crippen MR) is 308 cm³/mol. The van der Waals surface area contributed by atoms with Crippen molar-refractivity contribution in [1.29, 1.82) is 0 Å². The SMILES string of the molecule is CC(C)(C)c1ccc2c(c1)C1(c3ccccc3-c3ccc(N(c4ccc(-c5cccc6ccccc56)cc4)c4ccccc4-c4ccc5oc6c7ccccc7ccc6c5c4)cc31)c1cc(C(C)(C)C)ccc1-2.